The molecule has 0 spiro atoms. The van der Waals surface area contributed by atoms with Crippen LogP contribution in [0.4, 0.5) is 5.13 Å². The van der Waals surface area contributed by atoms with Crippen molar-refractivity contribution < 1.29 is 4.79 Å². The second kappa shape index (κ2) is 4.43. The van der Waals surface area contributed by atoms with E-state index in [9.17, 15) is 4.79 Å². The molecule has 1 saturated heterocycles. The highest BCUT2D eigenvalue weighted by Crippen LogP contribution is 2.38. The van der Waals surface area contributed by atoms with Crippen LogP contribution < -0.4 is 5.32 Å². The Kier molecular flexibility index (Phi) is 3.37. The van der Waals surface area contributed by atoms with E-state index in [4.69, 9.17) is 0 Å². The van der Waals surface area contributed by atoms with Gasteiger partial charge in [-0.3, -0.25) is 4.79 Å². The summed E-state index contributed by atoms with van der Waals surface area (Å²) < 4.78 is 0.667. The van der Waals surface area contributed by atoms with E-state index >= 15 is 0 Å². The van der Waals surface area contributed by atoms with E-state index in [-0.39, 0.29) is 10.7 Å². The molecule has 0 saturated carbocycles. The molecule has 0 bridgehead atoms. The minimum Gasteiger partial charge on any atom is -0.301 e. The molecule has 2 heterocycles. The fourth-order valence-electron chi connectivity index (χ4n) is 1.50. The quantitative estimate of drug-likeness (QED) is 0.913. The Balaban J connectivity index is 2.03. The van der Waals surface area contributed by atoms with Crippen molar-refractivity contribution in [2.75, 3.05) is 11.1 Å². The Morgan fingerprint density at radius 1 is 1.73 bits per heavy atom. The van der Waals surface area contributed by atoms with E-state index in [1.807, 2.05) is 6.92 Å². The molecular weight excluding hydrogens is 296 g/mol. The highest BCUT2D eigenvalue weighted by molar-refractivity contribution is 9.11. The van der Waals surface area contributed by atoms with E-state index in [0.29, 0.717) is 5.13 Å². The molecule has 15 heavy (non-hydrogen) atoms. The molecule has 2 rings (SSSR count). The first-order valence-electron chi connectivity index (χ1n) is 4.67. The fourth-order valence-corrected chi connectivity index (χ4v) is 3.81. The van der Waals surface area contributed by atoms with Crippen molar-refractivity contribution in [3.8, 4) is 0 Å². The Morgan fingerprint density at radius 3 is 3.07 bits per heavy atom. The van der Waals surface area contributed by atoms with Crippen LogP contribution in [0.15, 0.2) is 9.98 Å². The van der Waals surface area contributed by atoms with Gasteiger partial charge in [0.05, 0.1) is 14.7 Å². The number of nitrogens with one attached hydrogen (secondary N) is 1. The maximum absolute atomic E-state index is 12.0. The number of hydrogen-bond acceptors (Lipinski definition) is 4. The normalized spacial score (nSPS) is 25.5. The van der Waals surface area contributed by atoms with Gasteiger partial charge in [0, 0.05) is 0 Å². The first kappa shape index (κ1) is 11.4. The highest BCUT2D eigenvalue weighted by atomic mass is 79.9. The topological polar surface area (TPSA) is 42.0 Å². The largest absolute Gasteiger partial charge is 0.301 e. The molecule has 6 heteroatoms. The Hall–Kier alpha value is -0.0700. The summed E-state index contributed by atoms with van der Waals surface area (Å²) in [6.07, 6.45) is 3.77. The molecule has 0 radical (unpaired) electrons. The predicted molar refractivity (Wildman–Crippen MR) is 68.5 cm³/mol. The predicted octanol–water partition coefficient (Wildman–Crippen LogP) is 3.13. The number of thioether (sulfide) groups is 1. The van der Waals surface area contributed by atoms with Gasteiger partial charge in [-0.1, -0.05) is 11.3 Å². The number of anilines is 1. The lowest BCUT2D eigenvalue weighted by Gasteiger charge is -2.20. The van der Waals surface area contributed by atoms with Crippen molar-refractivity contribution in [2.24, 2.45) is 0 Å². The van der Waals surface area contributed by atoms with Gasteiger partial charge >= 0.3 is 0 Å². The third-order valence-corrected chi connectivity index (χ3v) is 5.31. The van der Waals surface area contributed by atoms with Gasteiger partial charge in [-0.25, -0.2) is 4.98 Å². The zero-order chi connectivity index (χ0) is 10.9. The van der Waals surface area contributed by atoms with Gasteiger partial charge in [0.2, 0.25) is 5.91 Å². The van der Waals surface area contributed by atoms with E-state index < -0.39 is 0 Å². The van der Waals surface area contributed by atoms with Gasteiger partial charge in [0.1, 0.15) is 0 Å². The van der Waals surface area contributed by atoms with Crippen molar-refractivity contribution in [1.29, 1.82) is 0 Å². The SMILES string of the molecule is CC1(C(=O)Nc2ncc(Br)s2)CCCS1. The van der Waals surface area contributed by atoms with Gasteiger partial charge < -0.3 is 5.32 Å². The van der Waals surface area contributed by atoms with Crippen LogP contribution in [0.1, 0.15) is 19.8 Å². The molecule has 0 aromatic carbocycles. The second-order valence-electron chi connectivity index (χ2n) is 3.61. The molecule has 0 aliphatic carbocycles. The van der Waals surface area contributed by atoms with Crippen LogP contribution in [-0.2, 0) is 4.79 Å². The summed E-state index contributed by atoms with van der Waals surface area (Å²) in [4.78, 5) is 16.1. The van der Waals surface area contributed by atoms with Crippen molar-refractivity contribution in [3.63, 3.8) is 0 Å². The summed E-state index contributed by atoms with van der Waals surface area (Å²) in [6, 6.07) is 0. The molecule has 1 amide bonds. The van der Waals surface area contributed by atoms with Crippen LogP contribution in [0.5, 0.6) is 0 Å². The minimum absolute atomic E-state index is 0.0758. The van der Waals surface area contributed by atoms with E-state index in [0.717, 1.165) is 22.4 Å². The molecule has 1 aromatic heterocycles. The summed E-state index contributed by atoms with van der Waals surface area (Å²) >= 11 is 6.49. The lowest BCUT2D eigenvalue weighted by molar-refractivity contribution is -0.118. The zero-order valence-corrected chi connectivity index (χ0v) is 11.5. The van der Waals surface area contributed by atoms with E-state index in [1.54, 1.807) is 18.0 Å². The minimum atomic E-state index is -0.266. The van der Waals surface area contributed by atoms with Crippen LogP contribution in [-0.4, -0.2) is 21.4 Å². The Morgan fingerprint density at radius 2 is 2.53 bits per heavy atom. The number of thiazole rings is 1. The van der Waals surface area contributed by atoms with Crippen molar-refractivity contribution >= 4 is 50.1 Å². The number of hydrogen-bond donors (Lipinski definition) is 1. The van der Waals surface area contributed by atoms with Crippen LogP contribution in [0.3, 0.4) is 0 Å². The molecule has 1 unspecified atom stereocenters. The third-order valence-electron chi connectivity index (χ3n) is 2.40. The molecule has 1 aliphatic heterocycles. The number of carbonyl (C=O) groups excluding carboxylic acids is 1. The Bertz CT molecular complexity index is 374. The van der Waals surface area contributed by atoms with Gasteiger partial charge in [0.15, 0.2) is 5.13 Å². The molecule has 1 atom stereocenters. The average molecular weight is 307 g/mol. The highest BCUT2D eigenvalue weighted by Gasteiger charge is 2.37. The maximum Gasteiger partial charge on any atom is 0.242 e. The van der Waals surface area contributed by atoms with Crippen LogP contribution in [0.25, 0.3) is 0 Å². The van der Waals surface area contributed by atoms with Gasteiger partial charge in [-0.15, -0.1) is 11.8 Å². The molecule has 1 aromatic rings. The summed E-state index contributed by atoms with van der Waals surface area (Å²) in [7, 11) is 0. The lowest BCUT2D eigenvalue weighted by Crippen LogP contribution is -2.34. The molecule has 1 aliphatic rings. The van der Waals surface area contributed by atoms with Crippen LogP contribution in [0, 0.1) is 0 Å². The van der Waals surface area contributed by atoms with Crippen molar-refractivity contribution in [3.05, 3.63) is 9.98 Å². The van der Waals surface area contributed by atoms with E-state index in [1.165, 1.54) is 11.3 Å². The number of aromatic nitrogens is 1. The van der Waals surface area contributed by atoms with Gasteiger partial charge in [0.25, 0.3) is 0 Å². The van der Waals surface area contributed by atoms with Crippen molar-refractivity contribution in [1.82, 2.24) is 4.98 Å². The standard InChI is InChI=1S/C9H11BrN2OS2/c1-9(3-2-4-14-9)7(13)12-8-11-5-6(10)15-8/h5H,2-4H2,1H3,(H,11,12,13). The smallest absolute Gasteiger partial charge is 0.242 e. The maximum atomic E-state index is 12.0. The zero-order valence-electron chi connectivity index (χ0n) is 8.25. The number of halogens is 1. The Labute approximate surface area is 105 Å². The molecule has 1 N–H and O–H groups in total. The first-order chi connectivity index (χ1) is 7.10. The summed E-state index contributed by atoms with van der Waals surface area (Å²) in [5.41, 5.74) is 0. The van der Waals surface area contributed by atoms with E-state index in [2.05, 4.69) is 26.2 Å². The monoisotopic (exact) mass is 306 g/mol. The van der Waals surface area contributed by atoms with Gasteiger partial charge in [-0.05, 0) is 41.4 Å². The molecular formula is C9H11BrN2OS2. The third kappa shape index (κ3) is 2.54. The van der Waals surface area contributed by atoms with Crippen LogP contribution in [0.2, 0.25) is 0 Å². The number of amides is 1. The summed E-state index contributed by atoms with van der Waals surface area (Å²) in [5.74, 6) is 1.15. The van der Waals surface area contributed by atoms with Crippen LogP contribution >= 0.6 is 39.0 Å². The lowest BCUT2D eigenvalue weighted by atomic mass is 10.1. The number of carbonyl (C=O) groups is 1. The molecule has 1 fully saturated rings. The van der Waals surface area contributed by atoms with Gasteiger partial charge in [-0.2, -0.15) is 0 Å². The fraction of sp³-hybridized carbons (Fsp3) is 0.556. The molecule has 82 valence electrons. The summed E-state index contributed by atoms with van der Waals surface area (Å²) in [6.45, 7) is 2.00. The number of nitrogens with zero attached hydrogens (tertiary/aromatic N) is 1. The number of rotatable bonds is 2. The first-order valence-corrected chi connectivity index (χ1v) is 7.26. The summed E-state index contributed by atoms with van der Waals surface area (Å²) in [5, 5.41) is 3.53. The molecule has 3 nitrogen and oxygen atoms in total. The second-order valence-corrected chi connectivity index (χ2v) is 7.61. The average Bonchev–Trinajstić information content (AvgIpc) is 2.76. The van der Waals surface area contributed by atoms with Crippen molar-refractivity contribution in [2.45, 2.75) is 24.5 Å².